The molecule has 0 aliphatic carbocycles. The molecule has 6 heteroatoms. The first-order chi connectivity index (χ1) is 11.1. The van der Waals surface area contributed by atoms with E-state index in [4.69, 9.17) is 14.2 Å². The molecule has 0 aromatic heterocycles. The summed E-state index contributed by atoms with van der Waals surface area (Å²) in [4.78, 5) is 23.8. The third-order valence-corrected chi connectivity index (χ3v) is 3.74. The van der Waals surface area contributed by atoms with Crippen LogP contribution in [0.25, 0.3) is 0 Å². The fourth-order valence-corrected chi connectivity index (χ4v) is 2.39. The van der Waals surface area contributed by atoms with Crippen molar-refractivity contribution in [2.75, 3.05) is 20.3 Å². The zero-order valence-corrected chi connectivity index (χ0v) is 13.5. The molecule has 1 fully saturated rings. The molecule has 0 bridgehead atoms. The first-order valence-corrected chi connectivity index (χ1v) is 7.83. The van der Waals surface area contributed by atoms with Gasteiger partial charge in [0.05, 0.1) is 19.6 Å². The summed E-state index contributed by atoms with van der Waals surface area (Å²) in [5.41, 5.74) is 0.885. The van der Waals surface area contributed by atoms with Gasteiger partial charge in [-0.25, -0.2) is 0 Å². The summed E-state index contributed by atoms with van der Waals surface area (Å²) in [5, 5.41) is 3.02. The summed E-state index contributed by atoms with van der Waals surface area (Å²) in [5.74, 6) is -0.109. The Morgan fingerprint density at radius 2 is 1.91 bits per heavy atom. The van der Waals surface area contributed by atoms with Crippen LogP contribution in [0.1, 0.15) is 25.3 Å². The van der Waals surface area contributed by atoms with Crippen molar-refractivity contribution in [1.29, 1.82) is 0 Å². The zero-order valence-electron chi connectivity index (χ0n) is 13.5. The van der Waals surface area contributed by atoms with Crippen molar-refractivity contribution in [2.24, 2.45) is 5.92 Å². The Hall–Kier alpha value is -2.08. The number of nitrogens with one attached hydrogen (secondary N) is 1. The van der Waals surface area contributed by atoms with E-state index >= 15 is 0 Å². The van der Waals surface area contributed by atoms with Crippen LogP contribution in [0.4, 0.5) is 0 Å². The van der Waals surface area contributed by atoms with Crippen LogP contribution >= 0.6 is 0 Å². The van der Waals surface area contributed by atoms with Crippen molar-refractivity contribution >= 4 is 11.9 Å². The molecule has 1 aliphatic heterocycles. The minimum absolute atomic E-state index is 0.200. The number of methoxy groups -OCH3 is 1. The fourth-order valence-electron chi connectivity index (χ4n) is 2.39. The van der Waals surface area contributed by atoms with Gasteiger partial charge in [-0.15, -0.1) is 0 Å². The van der Waals surface area contributed by atoms with Crippen molar-refractivity contribution in [3.63, 3.8) is 0 Å². The molecule has 0 unspecified atom stereocenters. The number of benzene rings is 1. The number of carbonyl (C=O) groups is 2. The molecule has 2 rings (SSSR count). The van der Waals surface area contributed by atoms with Gasteiger partial charge in [0, 0.05) is 6.54 Å². The number of carbonyl (C=O) groups excluding carboxylic acids is 2. The van der Waals surface area contributed by atoms with E-state index in [-0.39, 0.29) is 24.5 Å². The van der Waals surface area contributed by atoms with Crippen LogP contribution in [0.3, 0.4) is 0 Å². The predicted octanol–water partition coefficient (Wildman–Crippen LogP) is 1.67. The summed E-state index contributed by atoms with van der Waals surface area (Å²) < 4.78 is 15.5. The third-order valence-electron chi connectivity index (χ3n) is 3.74. The first-order valence-electron chi connectivity index (χ1n) is 7.83. The molecule has 0 radical (unpaired) electrons. The van der Waals surface area contributed by atoms with Gasteiger partial charge in [0.25, 0.3) is 0 Å². The van der Waals surface area contributed by atoms with Gasteiger partial charge in [-0.3, -0.25) is 9.59 Å². The van der Waals surface area contributed by atoms with Crippen LogP contribution < -0.4 is 10.1 Å². The minimum Gasteiger partial charge on any atom is -0.497 e. The lowest BCUT2D eigenvalue weighted by atomic mass is 10.1. The maximum atomic E-state index is 12.1. The van der Waals surface area contributed by atoms with E-state index < -0.39 is 6.04 Å². The third kappa shape index (κ3) is 4.96. The van der Waals surface area contributed by atoms with Gasteiger partial charge in [-0.05, 0) is 30.5 Å². The second kappa shape index (κ2) is 8.53. The normalized spacial score (nSPS) is 20.1. The molecule has 0 saturated carbocycles. The van der Waals surface area contributed by atoms with E-state index in [2.05, 4.69) is 5.32 Å². The maximum Gasteiger partial charge on any atom is 0.323 e. The van der Waals surface area contributed by atoms with E-state index in [0.29, 0.717) is 19.6 Å². The van der Waals surface area contributed by atoms with Crippen LogP contribution in [0, 0.1) is 5.92 Å². The van der Waals surface area contributed by atoms with E-state index in [1.165, 1.54) is 0 Å². The topological polar surface area (TPSA) is 73.9 Å². The van der Waals surface area contributed by atoms with E-state index in [1.807, 2.05) is 31.2 Å². The lowest BCUT2D eigenvalue weighted by Gasteiger charge is -2.11. The molecular formula is C17H23NO5. The predicted molar refractivity (Wildman–Crippen MR) is 83.9 cm³/mol. The van der Waals surface area contributed by atoms with E-state index in [9.17, 15) is 9.59 Å². The molecule has 1 aliphatic rings. The highest BCUT2D eigenvalue weighted by atomic mass is 16.5. The number of esters is 2. The molecule has 126 valence electrons. The van der Waals surface area contributed by atoms with Gasteiger partial charge in [0.2, 0.25) is 0 Å². The Morgan fingerprint density at radius 1 is 1.17 bits per heavy atom. The highest BCUT2D eigenvalue weighted by molar-refractivity contribution is 5.79. The second-order valence-electron chi connectivity index (χ2n) is 5.52. The number of rotatable bonds is 7. The number of hydrogen-bond acceptors (Lipinski definition) is 6. The Kier molecular flexibility index (Phi) is 6.40. The average molecular weight is 321 g/mol. The van der Waals surface area contributed by atoms with Crippen LogP contribution in [0.2, 0.25) is 0 Å². The molecular weight excluding hydrogens is 298 g/mol. The molecule has 2 atom stereocenters. The molecule has 6 nitrogen and oxygen atoms in total. The Labute approximate surface area is 136 Å². The molecule has 1 N–H and O–H groups in total. The minimum atomic E-state index is -0.451. The largest absolute Gasteiger partial charge is 0.497 e. The highest BCUT2D eigenvalue weighted by Gasteiger charge is 2.35. The van der Waals surface area contributed by atoms with Gasteiger partial charge < -0.3 is 19.5 Å². The molecule has 23 heavy (non-hydrogen) atoms. The number of hydrogen-bond donors (Lipinski definition) is 1. The smallest absolute Gasteiger partial charge is 0.323 e. The van der Waals surface area contributed by atoms with Gasteiger partial charge in [0.15, 0.2) is 0 Å². The average Bonchev–Trinajstić information content (AvgIpc) is 3.08. The maximum absolute atomic E-state index is 12.1. The van der Waals surface area contributed by atoms with E-state index in [1.54, 1.807) is 7.11 Å². The summed E-state index contributed by atoms with van der Waals surface area (Å²) in [6.45, 7) is 3.01. The molecule has 0 spiro atoms. The highest BCUT2D eigenvalue weighted by Crippen LogP contribution is 2.18. The molecule has 0 amide bonds. The summed E-state index contributed by atoms with van der Waals surface area (Å²) >= 11 is 0. The van der Waals surface area contributed by atoms with Crippen LogP contribution in [-0.2, 0) is 25.7 Å². The Morgan fingerprint density at radius 3 is 2.57 bits per heavy atom. The lowest BCUT2D eigenvalue weighted by molar-refractivity contribution is -0.148. The van der Waals surface area contributed by atoms with Crippen molar-refractivity contribution in [3.8, 4) is 5.75 Å². The second-order valence-corrected chi connectivity index (χ2v) is 5.52. The Balaban J connectivity index is 1.76. The number of ether oxygens (including phenoxy) is 3. The summed E-state index contributed by atoms with van der Waals surface area (Å²) in [7, 11) is 1.60. The Bertz CT molecular complexity index is 528. The van der Waals surface area contributed by atoms with Crippen LogP contribution in [0.15, 0.2) is 24.3 Å². The van der Waals surface area contributed by atoms with Crippen molar-refractivity contribution < 1.29 is 23.8 Å². The first kappa shape index (κ1) is 17.3. The van der Waals surface area contributed by atoms with E-state index in [0.717, 1.165) is 17.7 Å². The molecule has 1 heterocycles. The van der Waals surface area contributed by atoms with Crippen LogP contribution in [-0.4, -0.2) is 38.2 Å². The van der Waals surface area contributed by atoms with Gasteiger partial charge >= 0.3 is 11.9 Å². The standard InChI is InChI=1S/C17H23NO5/c1-3-8-22-16(19)13-9-15(18-10-13)17(20)23-11-12-4-6-14(21-2)7-5-12/h4-7,13,15,18H,3,8-11H2,1-2H3/t13-,15-/m0/s1. The fraction of sp³-hybridized carbons (Fsp3) is 0.529. The van der Waals surface area contributed by atoms with Crippen molar-refractivity contribution in [1.82, 2.24) is 5.32 Å². The monoisotopic (exact) mass is 321 g/mol. The van der Waals surface area contributed by atoms with Gasteiger partial charge in [-0.2, -0.15) is 0 Å². The van der Waals surface area contributed by atoms with Crippen LogP contribution in [0.5, 0.6) is 5.75 Å². The van der Waals surface area contributed by atoms with Crippen molar-refractivity contribution in [2.45, 2.75) is 32.4 Å². The zero-order chi connectivity index (χ0) is 16.7. The van der Waals surface area contributed by atoms with Gasteiger partial charge in [-0.1, -0.05) is 19.1 Å². The quantitative estimate of drug-likeness (QED) is 0.770. The molecule has 1 aromatic rings. The summed E-state index contributed by atoms with van der Waals surface area (Å²) in [6, 6.07) is 6.87. The molecule has 1 saturated heterocycles. The van der Waals surface area contributed by atoms with Gasteiger partial charge in [0.1, 0.15) is 18.4 Å². The SMILES string of the molecule is CCCOC(=O)[C@@H]1CN[C@H](C(=O)OCc2ccc(OC)cc2)C1. The lowest BCUT2D eigenvalue weighted by Crippen LogP contribution is -2.32. The molecule has 1 aromatic carbocycles. The summed E-state index contributed by atoms with van der Waals surface area (Å²) in [6.07, 6.45) is 1.21. The van der Waals surface area contributed by atoms with Crippen molar-refractivity contribution in [3.05, 3.63) is 29.8 Å².